The van der Waals surface area contributed by atoms with Crippen molar-refractivity contribution in [3.8, 4) is 5.75 Å². The summed E-state index contributed by atoms with van der Waals surface area (Å²) in [5, 5.41) is 13.3. The molecule has 0 spiro atoms. The molecule has 2 N–H and O–H groups in total. The summed E-state index contributed by atoms with van der Waals surface area (Å²) in [6, 6.07) is 6.54. The minimum atomic E-state index is 0.145. The Morgan fingerprint density at radius 3 is 3.00 bits per heavy atom. The first-order chi connectivity index (χ1) is 8.24. The number of rotatable bonds is 2. The van der Waals surface area contributed by atoms with Crippen molar-refractivity contribution < 1.29 is 5.11 Å². The fourth-order valence-corrected chi connectivity index (χ4v) is 3.24. The number of nitrogens with zero attached hydrogens (tertiary/aromatic N) is 1. The van der Waals surface area contributed by atoms with E-state index in [9.17, 15) is 5.11 Å². The fourth-order valence-electron chi connectivity index (χ4n) is 3.06. The van der Waals surface area contributed by atoms with Crippen LogP contribution in [0.1, 0.15) is 19.3 Å². The molecule has 0 radical (unpaired) electrons. The molecule has 92 valence electrons. The normalized spacial score (nSPS) is 28.3. The van der Waals surface area contributed by atoms with Crippen LogP contribution in [-0.2, 0) is 0 Å². The van der Waals surface area contributed by atoms with E-state index in [0.717, 1.165) is 5.69 Å². The summed E-state index contributed by atoms with van der Waals surface area (Å²) >= 11 is 5.91. The monoisotopic (exact) mass is 252 g/mol. The second kappa shape index (κ2) is 4.39. The van der Waals surface area contributed by atoms with Crippen molar-refractivity contribution in [3.63, 3.8) is 0 Å². The number of halogens is 1. The van der Waals surface area contributed by atoms with Crippen LogP contribution in [0.4, 0.5) is 5.69 Å². The molecule has 2 aliphatic heterocycles. The number of anilines is 1. The molecule has 2 unspecified atom stereocenters. The van der Waals surface area contributed by atoms with Crippen molar-refractivity contribution in [1.29, 1.82) is 0 Å². The summed E-state index contributed by atoms with van der Waals surface area (Å²) in [6.07, 6.45) is 3.81. The van der Waals surface area contributed by atoms with Crippen molar-refractivity contribution in [2.45, 2.75) is 31.3 Å². The maximum atomic E-state index is 9.39. The number of hydrogen-bond donors (Lipinski definition) is 2. The maximum absolute atomic E-state index is 9.39. The molecule has 1 aromatic carbocycles. The van der Waals surface area contributed by atoms with Crippen LogP contribution < -0.4 is 5.32 Å². The summed E-state index contributed by atoms with van der Waals surface area (Å²) in [6.45, 7) is 2.45. The minimum absolute atomic E-state index is 0.145. The Kier molecular flexibility index (Phi) is 2.89. The zero-order chi connectivity index (χ0) is 11.8. The van der Waals surface area contributed by atoms with Gasteiger partial charge in [0.2, 0.25) is 0 Å². The lowest BCUT2D eigenvalue weighted by Gasteiger charge is -2.22. The zero-order valence-corrected chi connectivity index (χ0v) is 10.5. The molecule has 2 atom stereocenters. The number of fused-ring (bicyclic) bond motifs is 1. The molecule has 0 bridgehead atoms. The Morgan fingerprint density at radius 2 is 2.18 bits per heavy atom. The molecular formula is C13H17ClN2O. The second-order valence-corrected chi connectivity index (χ2v) is 5.36. The van der Waals surface area contributed by atoms with Crippen molar-refractivity contribution >= 4 is 17.3 Å². The van der Waals surface area contributed by atoms with Gasteiger partial charge in [-0.25, -0.2) is 0 Å². The number of hydrogen-bond acceptors (Lipinski definition) is 3. The molecule has 3 nitrogen and oxygen atoms in total. The first kappa shape index (κ1) is 11.2. The van der Waals surface area contributed by atoms with E-state index in [4.69, 9.17) is 11.6 Å². The summed E-state index contributed by atoms with van der Waals surface area (Å²) in [4.78, 5) is 2.57. The highest BCUT2D eigenvalue weighted by molar-refractivity contribution is 6.32. The number of phenolic OH excluding ortho intramolecular Hbond substituents is 1. The van der Waals surface area contributed by atoms with Crippen LogP contribution in [-0.4, -0.2) is 35.2 Å². The quantitative estimate of drug-likeness (QED) is 0.795. The van der Waals surface area contributed by atoms with Gasteiger partial charge in [0.05, 0.1) is 5.02 Å². The second-order valence-electron chi connectivity index (χ2n) is 4.95. The number of nitrogens with one attached hydrogen (secondary N) is 1. The molecule has 2 heterocycles. The average molecular weight is 253 g/mol. The largest absolute Gasteiger partial charge is 0.506 e. The summed E-state index contributed by atoms with van der Waals surface area (Å²) < 4.78 is 0. The topological polar surface area (TPSA) is 35.5 Å². The van der Waals surface area contributed by atoms with E-state index in [1.54, 1.807) is 12.1 Å². The van der Waals surface area contributed by atoms with Gasteiger partial charge in [-0.3, -0.25) is 4.90 Å². The Hall–Kier alpha value is -0.930. The molecule has 0 aliphatic carbocycles. The Balaban J connectivity index is 1.72. The first-order valence-corrected chi connectivity index (χ1v) is 6.61. The number of benzene rings is 1. The van der Waals surface area contributed by atoms with Crippen molar-refractivity contribution in [1.82, 2.24) is 4.90 Å². The van der Waals surface area contributed by atoms with Crippen LogP contribution in [0.5, 0.6) is 5.75 Å². The standard InChI is InChI=1S/C13H17ClN2O/c14-10-8-9(3-4-13(10)17)15-11-5-7-16-6-1-2-12(11)16/h3-4,8,11-12,15,17H,1-2,5-7H2. The maximum Gasteiger partial charge on any atom is 0.134 e. The first-order valence-electron chi connectivity index (χ1n) is 6.23. The van der Waals surface area contributed by atoms with E-state index in [1.807, 2.05) is 6.07 Å². The van der Waals surface area contributed by atoms with Gasteiger partial charge in [-0.1, -0.05) is 11.6 Å². The van der Waals surface area contributed by atoms with Crippen LogP contribution >= 0.6 is 11.6 Å². The summed E-state index contributed by atoms with van der Waals surface area (Å²) in [7, 11) is 0. The molecule has 0 amide bonds. The van der Waals surface area contributed by atoms with Gasteiger partial charge in [0.15, 0.2) is 0 Å². The van der Waals surface area contributed by atoms with Crippen LogP contribution in [0.2, 0.25) is 5.02 Å². The Labute approximate surface area is 106 Å². The molecule has 1 aromatic rings. The Morgan fingerprint density at radius 1 is 1.29 bits per heavy atom. The van der Waals surface area contributed by atoms with E-state index < -0.39 is 0 Å². The van der Waals surface area contributed by atoms with Gasteiger partial charge in [-0.05, 0) is 44.0 Å². The Bertz CT molecular complexity index is 424. The van der Waals surface area contributed by atoms with Crippen LogP contribution in [0.25, 0.3) is 0 Å². The predicted octanol–water partition coefficient (Wildman–Crippen LogP) is 2.69. The molecule has 17 heavy (non-hydrogen) atoms. The SMILES string of the molecule is Oc1ccc(NC2CCN3CCCC23)cc1Cl. The van der Waals surface area contributed by atoms with E-state index in [-0.39, 0.29) is 5.75 Å². The summed E-state index contributed by atoms with van der Waals surface area (Å²) in [5.41, 5.74) is 1.01. The van der Waals surface area contributed by atoms with E-state index in [1.165, 1.54) is 32.4 Å². The highest BCUT2D eigenvalue weighted by Crippen LogP contribution is 2.32. The minimum Gasteiger partial charge on any atom is -0.506 e. The van der Waals surface area contributed by atoms with Crippen LogP contribution in [0, 0.1) is 0 Å². The van der Waals surface area contributed by atoms with Gasteiger partial charge in [-0.15, -0.1) is 0 Å². The van der Waals surface area contributed by atoms with Gasteiger partial charge in [0.1, 0.15) is 5.75 Å². The van der Waals surface area contributed by atoms with Gasteiger partial charge >= 0.3 is 0 Å². The molecule has 2 aliphatic rings. The average Bonchev–Trinajstić information content (AvgIpc) is 2.88. The zero-order valence-electron chi connectivity index (χ0n) is 9.69. The van der Waals surface area contributed by atoms with Crippen molar-refractivity contribution in [3.05, 3.63) is 23.2 Å². The van der Waals surface area contributed by atoms with Crippen LogP contribution in [0.3, 0.4) is 0 Å². The van der Waals surface area contributed by atoms with Gasteiger partial charge < -0.3 is 10.4 Å². The van der Waals surface area contributed by atoms with E-state index >= 15 is 0 Å². The van der Waals surface area contributed by atoms with E-state index in [0.29, 0.717) is 17.1 Å². The summed E-state index contributed by atoms with van der Waals surface area (Å²) in [5.74, 6) is 0.145. The lowest BCUT2D eigenvalue weighted by atomic mass is 10.1. The van der Waals surface area contributed by atoms with Crippen molar-refractivity contribution in [2.75, 3.05) is 18.4 Å². The third kappa shape index (κ3) is 2.09. The smallest absolute Gasteiger partial charge is 0.134 e. The third-order valence-electron chi connectivity index (χ3n) is 3.91. The molecule has 3 rings (SSSR count). The van der Waals surface area contributed by atoms with Gasteiger partial charge in [0, 0.05) is 24.3 Å². The lowest BCUT2D eigenvalue weighted by molar-refractivity contribution is 0.318. The lowest BCUT2D eigenvalue weighted by Crippen LogP contribution is -2.33. The highest BCUT2D eigenvalue weighted by Gasteiger charge is 2.36. The number of phenols is 1. The predicted molar refractivity (Wildman–Crippen MR) is 69.7 cm³/mol. The van der Waals surface area contributed by atoms with Crippen molar-refractivity contribution in [2.24, 2.45) is 0 Å². The fraction of sp³-hybridized carbons (Fsp3) is 0.538. The van der Waals surface area contributed by atoms with Gasteiger partial charge in [0.25, 0.3) is 0 Å². The molecular weight excluding hydrogens is 236 g/mol. The molecule has 4 heteroatoms. The van der Waals surface area contributed by atoms with E-state index in [2.05, 4.69) is 10.2 Å². The molecule has 0 saturated carbocycles. The molecule has 0 aromatic heterocycles. The van der Waals surface area contributed by atoms with Gasteiger partial charge in [-0.2, -0.15) is 0 Å². The third-order valence-corrected chi connectivity index (χ3v) is 4.21. The number of aromatic hydroxyl groups is 1. The molecule has 2 saturated heterocycles. The van der Waals surface area contributed by atoms with Crippen LogP contribution in [0.15, 0.2) is 18.2 Å². The molecule has 2 fully saturated rings. The highest BCUT2D eigenvalue weighted by atomic mass is 35.5.